The number of ether oxygens (including phenoxy) is 12. The zero-order chi connectivity index (χ0) is 53.8. The Labute approximate surface area is 559 Å². The molecule has 0 aliphatic carbocycles. The molecule has 8 rings (SSSR count). The van der Waals surface area contributed by atoms with E-state index >= 15 is 0 Å². The average molecular weight is 1370 g/mol. The number of nitrogens with zero attached hydrogens (tertiary/aromatic N) is 11. The predicted octanol–water partition coefficient (Wildman–Crippen LogP) is -5.67. The second kappa shape index (κ2) is 37.9. The van der Waals surface area contributed by atoms with Crippen molar-refractivity contribution < 1.29 is 230 Å². The molecular formula is C41H63BrCs2N12O19. The van der Waals surface area contributed by atoms with Gasteiger partial charge in [-0.3, -0.25) is 9.48 Å². The first-order valence-corrected chi connectivity index (χ1v) is 23.3. The molecule has 1 N–H and O–H groups in total. The van der Waals surface area contributed by atoms with Crippen molar-refractivity contribution in [2.75, 3.05) is 86.6 Å². The van der Waals surface area contributed by atoms with E-state index in [-0.39, 0.29) is 169 Å². The molecule has 410 valence electrons. The molecule has 4 aliphatic rings. The van der Waals surface area contributed by atoms with Crippen molar-refractivity contribution in [2.45, 2.75) is 96.2 Å². The summed E-state index contributed by atoms with van der Waals surface area (Å²) < 4.78 is 64.5. The van der Waals surface area contributed by atoms with E-state index in [0.717, 1.165) is 25.0 Å². The van der Waals surface area contributed by atoms with E-state index < -0.39 is 41.2 Å². The van der Waals surface area contributed by atoms with Gasteiger partial charge >= 0.3 is 162 Å². The van der Waals surface area contributed by atoms with Crippen molar-refractivity contribution >= 4 is 46.3 Å². The molecule has 0 aromatic carbocycles. The molecule has 0 bridgehead atoms. The summed E-state index contributed by atoms with van der Waals surface area (Å²) in [4.78, 5) is 56.9. The third kappa shape index (κ3) is 26.3. The van der Waals surface area contributed by atoms with Gasteiger partial charge in [-0.2, -0.15) is 20.2 Å². The number of H-pyrrole nitrogens is 1. The van der Waals surface area contributed by atoms with E-state index in [1.54, 1.807) is 10.9 Å². The van der Waals surface area contributed by atoms with Gasteiger partial charge in [0.2, 0.25) is 0 Å². The monoisotopic (exact) mass is 1370 g/mol. The van der Waals surface area contributed by atoms with Crippen LogP contribution in [0.25, 0.3) is 0 Å². The normalized spacial score (nSPS) is 16.7. The van der Waals surface area contributed by atoms with E-state index in [4.69, 9.17) is 47.9 Å². The number of methoxy groups -OCH3 is 4. The van der Waals surface area contributed by atoms with Crippen molar-refractivity contribution in [3.8, 4) is 0 Å². The van der Waals surface area contributed by atoms with Gasteiger partial charge in [0, 0.05) is 44.1 Å². The quantitative estimate of drug-likeness (QED) is 0.0273. The van der Waals surface area contributed by atoms with E-state index in [1.807, 2.05) is 27.7 Å². The summed E-state index contributed by atoms with van der Waals surface area (Å²) in [5.74, 6) is -3.94. The molecular weight excluding hydrogens is 1310 g/mol. The Kier molecular flexibility index (Phi) is 36.0. The molecule has 0 unspecified atom stereocenters. The van der Waals surface area contributed by atoms with Crippen LogP contribution in [-0.2, 0) is 86.2 Å². The van der Waals surface area contributed by atoms with Crippen LogP contribution in [0, 0.1) is 0 Å². The number of hydrogen-bond donors (Lipinski definition) is 1. The Hall–Kier alpha value is -1.87. The summed E-state index contributed by atoms with van der Waals surface area (Å²) in [5.41, 5.74) is 0.920. The number of aromatic amines is 1. The van der Waals surface area contributed by atoms with Crippen LogP contribution < -0.4 is 143 Å². The summed E-state index contributed by atoms with van der Waals surface area (Å²) in [6.07, 6.45) is 8.40. The molecule has 0 amide bonds. The summed E-state index contributed by atoms with van der Waals surface area (Å²) in [7, 11) is 5.23. The molecule has 31 nitrogen and oxygen atoms in total. The molecule has 0 radical (unpaired) electrons. The molecule has 0 spiro atoms. The van der Waals surface area contributed by atoms with Crippen LogP contribution in [0.2, 0.25) is 0 Å². The zero-order valence-electron chi connectivity index (χ0n) is 44.8. The number of halogens is 1. The molecule has 4 fully saturated rings. The maximum atomic E-state index is 11.4. The number of carbonyl (C=O) groups excluding carboxylic acids is 5. The van der Waals surface area contributed by atoms with Crippen LogP contribution in [0.4, 0.5) is 0 Å². The predicted molar refractivity (Wildman–Crippen MR) is 244 cm³/mol. The first-order chi connectivity index (χ1) is 34.9. The summed E-state index contributed by atoms with van der Waals surface area (Å²) in [6.45, 7) is 14.1. The van der Waals surface area contributed by atoms with Gasteiger partial charge in [0.1, 0.15) is 0 Å². The second-order valence-electron chi connectivity index (χ2n) is 15.6. The van der Waals surface area contributed by atoms with Crippen LogP contribution in [0.5, 0.6) is 0 Å². The Balaban J connectivity index is 0.000000919. The third-order valence-corrected chi connectivity index (χ3v) is 10.6. The fourth-order valence-corrected chi connectivity index (χ4v) is 6.93. The number of nitrogens with one attached hydrogen (secondary N) is 1. The van der Waals surface area contributed by atoms with E-state index in [9.17, 15) is 19.2 Å². The number of alkyl halides is 1. The van der Waals surface area contributed by atoms with Crippen molar-refractivity contribution in [3.63, 3.8) is 0 Å². The van der Waals surface area contributed by atoms with E-state index in [1.165, 1.54) is 56.5 Å². The zero-order valence-corrected chi connectivity index (χ0v) is 57.9. The van der Waals surface area contributed by atoms with Gasteiger partial charge in [0.15, 0.2) is 45.9 Å². The van der Waals surface area contributed by atoms with Gasteiger partial charge in [-0.1, -0.05) is 26.4 Å². The van der Waals surface area contributed by atoms with Crippen LogP contribution in [0.15, 0.2) is 24.8 Å². The molecule has 8 heterocycles. The Morgan fingerprint density at radius 2 is 1.09 bits per heavy atom. The largest absolute Gasteiger partial charge is 1.00 e. The maximum Gasteiger partial charge on any atom is 1.00 e. The first kappa shape index (κ1) is 71.1. The Morgan fingerprint density at radius 3 is 1.53 bits per heavy atom. The fraction of sp³-hybridized carbons (Fsp3) is 0.683. The van der Waals surface area contributed by atoms with Gasteiger partial charge in [-0.15, -0.1) is 20.4 Å². The molecule has 4 saturated heterocycles. The van der Waals surface area contributed by atoms with Gasteiger partial charge in [-0.25, -0.2) is 23.9 Å². The van der Waals surface area contributed by atoms with Crippen molar-refractivity contribution in [2.24, 2.45) is 0 Å². The number of aromatic nitrogens is 12. The minimum absolute atomic E-state index is 0. The molecule has 75 heavy (non-hydrogen) atoms. The first-order valence-electron chi connectivity index (χ1n) is 22.2. The standard InChI is InChI=1S/3C10H15N3O4.C6H11BrO2.C4H5N3O2.CH2O3.2Cs.H/c1-10(16-5-6-17-10)3-4-13-7-8(11-12-13)9(14)15-2;1-10(16-5-6-17-10)3-4-13-8(7-11-12-13)9(14)15-2;1-10(16-5-6-17-10)3-4-13-11-7-8(12-13)9(14)15-2;1-6(2-3-7)8-4-5-9-6;1-9-4(8)3-2-5-7-6-3;2-1-4-3;;;/h3*7H,3-6H2,1-2H3;2-5H2,1H3;2H,1H3,(H,5,6,7);1,3H;;;/q;;;;;;2*+1;-1/p-1. The van der Waals surface area contributed by atoms with Gasteiger partial charge in [-0.05, 0) is 27.7 Å². The molecule has 0 saturated carbocycles. The number of hydrogen-bond acceptors (Lipinski definition) is 27. The minimum Gasteiger partial charge on any atom is -1.00 e. The van der Waals surface area contributed by atoms with Crippen molar-refractivity contribution in [3.05, 3.63) is 47.6 Å². The van der Waals surface area contributed by atoms with Crippen molar-refractivity contribution in [1.82, 2.24) is 60.4 Å². The molecule has 0 atom stereocenters. The average Bonchev–Trinajstić information content (AvgIpc) is 4.25. The number of carbonyl (C=O) groups is 5. The van der Waals surface area contributed by atoms with Crippen LogP contribution in [0.1, 0.15) is 96.8 Å². The van der Waals surface area contributed by atoms with Gasteiger partial charge in [0.25, 0.3) is 6.47 Å². The summed E-state index contributed by atoms with van der Waals surface area (Å²) in [5, 5.41) is 41.6. The maximum absolute atomic E-state index is 11.4. The Bertz CT molecular complexity index is 2160. The molecule has 34 heteroatoms. The summed E-state index contributed by atoms with van der Waals surface area (Å²) >= 11 is 3.33. The van der Waals surface area contributed by atoms with Crippen molar-refractivity contribution in [1.29, 1.82) is 0 Å². The smallest absolute Gasteiger partial charge is 1.00 e. The second-order valence-corrected chi connectivity index (χ2v) is 16.4. The third-order valence-electron chi connectivity index (χ3n) is 10.2. The summed E-state index contributed by atoms with van der Waals surface area (Å²) in [6, 6.07) is 0. The number of esters is 4. The SMILES string of the molecule is CC1(CCBr)OCCO1.COC(=O)c1cn(CCC2(C)OCCO2)nn1.COC(=O)c1cn[nH]n1.COC(=O)c1cnn(CCC2(C)OCCO2)n1.COC(=O)c1cnnn1CCC1(C)OCCO1.O=CO[O-].[Cs+].[Cs+].[H-]. The molecule has 4 aromatic rings. The fourth-order valence-electron chi connectivity index (χ4n) is 6.20. The van der Waals surface area contributed by atoms with E-state index in [0.29, 0.717) is 84.2 Å². The van der Waals surface area contributed by atoms with Gasteiger partial charge < -0.3 is 68.4 Å². The number of aryl methyl sites for hydroxylation is 3. The van der Waals surface area contributed by atoms with Crippen LogP contribution in [0.3, 0.4) is 0 Å². The molecule has 4 aliphatic heterocycles. The van der Waals surface area contributed by atoms with E-state index in [2.05, 4.69) is 86.0 Å². The van der Waals surface area contributed by atoms with Gasteiger partial charge in [0.05, 0.1) is 113 Å². The molecule has 4 aromatic heterocycles. The Morgan fingerprint density at radius 1 is 0.653 bits per heavy atom. The minimum atomic E-state index is -0.598. The van der Waals surface area contributed by atoms with Crippen LogP contribution >= 0.6 is 15.9 Å². The number of rotatable bonds is 16. The van der Waals surface area contributed by atoms with Crippen LogP contribution in [-0.4, -0.2) is 201 Å². The topological polar surface area (TPSA) is 362 Å².